The normalized spacial score (nSPS) is 25.1. The second-order valence-corrected chi connectivity index (χ2v) is 5.80. The summed E-state index contributed by atoms with van der Waals surface area (Å²) in [5, 5.41) is 22.8. The molecule has 2 fully saturated rings. The van der Waals surface area contributed by atoms with E-state index < -0.39 is 4.92 Å². The van der Waals surface area contributed by atoms with Crippen LogP contribution in [-0.2, 0) is 0 Å². The van der Waals surface area contributed by atoms with Gasteiger partial charge in [0, 0.05) is 30.9 Å². The summed E-state index contributed by atoms with van der Waals surface area (Å²) in [6.45, 7) is 1.88. The molecule has 0 bridgehead atoms. The van der Waals surface area contributed by atoms with Crippen molar-refractivity contribution in [2.24, 2.45) is 22.7 Å². The lowest BCUT2D eigenvalue weighted by Gasteiger charge is -2.22. The summed E-state index contributed by atoms with van der Waals surface area (Å²) >= 11 is 0. The lowest BCUT2D eigenvalue weighted by Crippen LogP contribution is -2.25. The zero-order valence-electron chi connectivity index (χ0n) is 11.6. The fourth-order valence-corrected chi connectivity index (χ4v) is 3.60. The van der Waals surface area contributed by atoms with E-state index in [1.807, 2.05) is 0 Å². The number of non-ortho nitro benzene ring substituents is 1. The molecule has 1 aromatic rings. The maximum atomic E-state index is 10.9. The molecule has 21 heavy (non-hydrogen) atoms. The minimum atomic E-state index is -0.476. The number of benzene rings is 1. The van der Waals surface area contributed by atoms with Crippen LogP contribution in [0.4, 0.5) is 11.4 Å². The minimum absolute atomic E-state index is 0.0558. The third-order valence-electron chi connectivity index (χ3n) is 4.64. The summed E-state index contributed by atoms with van der Waals surface area (Å²) in [5.41, 5.74) is 6.88. The number of oxime groups is 1. The number of nitro groups is 1. The molecule has 2 aliphatic rings. The summed E-state index contributed by atoms with van der Waals surface area (Å²) in [5.74, 6) is 1.30. The van der Waals surface area contributed by atoms with E-state index in [0.717, 1.165) is 18.8 Å². The standard InChI is InChI=1S/C14H18N4O3/c15-14(16-19)12-6-11(18(20)21)4-5-13(12)17-7-9-2-1-3-10(9)8-17/h4-6,9-10,19H,1-3,7-8H2,(H2,15,16). The topological polar surface area (TPSA) is 105 Å². The number of nitrogens with two attached hydrogens (primary N) is 1. The molecule has 2 unspecified atom stereocenters. The maximum absolute atomic E-state index is 10.9. The van der Waals surface area contributed by atoms with Gasteiger partial charge in [0.15, 0.2) is 5.84 Å². The Kier molecular flexibility index (Phi) is 3.40. The van der Waals surface area contributed by atoms with E-state index in [2.05, 4.69) is 10.1 Å². The van der Waals surface area contributed by atoms with Crippen LogP contribution in [0.1, 0.15) is 24.8 Å². The van der Waals surface area contributed by atoms with Crippen molar-refractivity contribution in [3.8, 4) is 0 Å². The second-order valence-electron chi connectivity index (χ2n) is 5.80. The van der Waals surface area contributed by atoms with Crippen LogP contribution in [0.25, 0.3) is 0 Å². The highest BCUT2D eigenvalue weighted by atomic mass is 16.6. The van der Waals surface area contributed by atoms with Crippen molar-refractivity contribution in [3.63, 3.8) is 0 Å². The highest BCUT2D eigenvalue weighted by Gasteiger charge is 2.37. The van der Waals surface area contributed by atoms with Crippen LogP contribution < -0.4 is 10.6 Å². The second kappa shape index (κ2) is 5.23. The smallest absolute Gasteiger partial charge is 0.270 e. The molecule has 0 aromatic heterocycles. The Morgan fingerprint density at radius 3 is 2.62 bits per heavy atom. The predicted molar refractivity (Wildman–Crippen MR) is 78.7 cm³/mol. The zero-order chi connectivity index (χ0) is 15.0. The predicted octanol–water partition coefficient (Wildman–Crippen LogP) is 1.93. The van der Waals surface area contributed by atoms with Gasteiger partial charge < -0.3 is 15.8 Å². The monoisotopic (exact) mass is 290 g/mol. The van der Waals surface area contributed by atoms with Crippen molar-refractivity contribution in [3.05, 3.63) is 33.9 Å². The molecule has 2 atom stereocenters. The summed E-state index contributed by atoms with van der Waals surface area (Å²) in [6.07, 6.45) is 3.77. The summed E-state index contributed by atoms with van der Waals surface area (Å²) in [4.78, 5) is 12.6. The van der Waals surface area contributed by atoms with E-state index in [4.69, 9.17) is 10.9 Å². The Bertz CT molecular complexity index is 590. The number of hydrogen-bond donors (Lipinski definition) is 2. The Labute approximate surface area is 122 Å². The van der Waals surface area contributed by atoms with Gasteiger partial charge in [0.05, 0.1) is 10.5 Å². The molecular formula is C14H18N4O3. The molecule has 1 saturated carbocycles. The summed E-state index contributed by atoms with van der Waals surface area (Å²) in [6, 6.07) is 4.54. The van der Waals surface area contributed by atoms with Gasteiger partial charge in [-0.25, -0.2) is 0 Å². The average Bonchev–Trinajstić information content (AvgIpc) is 3.06. The molecular weight excluding hydrogens is 272 g/mol. The van der Waals surface area contributed by atoms with Crippen LogP contribution in [0.5, 0.6) is 0 Å². The van der Waals surface area contributed by atoms with Gasteiger partial charge in [0.1, 0.15) is 0 Å². The Hall–Kier alpha value is -2.31. The number of rotatable bonds is 3. The minimum Gasteiger partial charge on any atom is -0.409 e. The first kappa shape index (κ1) is 13.7. The first-order chi connectivity index (χ1) is 10.1. The Balaban J connectivity index is 1.96. The SMILES string of the molecule is N/C(=N/O)c1cc([N+](=O)[O-])ccc1N1CC2CCCC2C1. The van der Waals surface area contributed by atoms with Gasteiger partial charge in [0.25, 0.3) is 5.69 Å². The van der Waals surface area contributed by atoms with Gasteiger partial charge in [-0.1, -0.05) is 11.6 Å². The lowest BCUT2D eigenvalue weighted by atomic mass is 10.0. The van der Waals surface area contributed by atoms with Crippen LogP contribution in [0, 0.1) is 22.0 Å². The van der Waals surface area contributed by atoms with E-state index in [1.165, 1.54) is 31.4 Å². The van der Waals surface area contributed by atoms with E-state index in [0.29, 0.717) is 17.4 Å². The molecule has 0 radical (unpaired) electrons. The third-order valence-corrected chi connectivity index (χ3v) is 4.64. The molecule has 1 aliphatic heterocycles. The van der Waals surface area contributed by atoms with Crippen molar-refractivity contribution >= 4 is 17.2 Å². The molecule has 1 saturated heterocycles. The molecule has 1 aromatic carbocycles. The van der Waals surface area contributed by atoms with E-state index >= 15 is 0 Å². The molecule has 0 spiro atoms. The van der Waals surface area contributed by atoms with E-state index in [1.54, 1.807) is 6.07 Å². The van der Waals surface area contributed by atoms with Gasteiger partial charge in [-0.05, 0) is 30.7 Å². The van der Waals surface area contributed by atoms with Gasteiger partial charge in [-0.2, -0.15) is 0 Å². The number of fused-ring (bicyclic) bond motifs is 1. The molecule has 1 heterocycles. The van der Waals surface area contributed by atoms with Crippen LogP contribution in [0.2, 0.25) is 0 Å². The van der Waals surface area contributed by atoms with Crippen LogP contribution in [-0.4, -0.2) is 29.1 Å². The third kappa shape index (κ3) is 2.39. The van der Waals surface area contributed by atoms with Gasteiger partial charge in [-0.15, -0.1) is 0 Å². The number of hydrogen-bond acceptors (Lipinski definition) is 5. The Morgan fingerprint density at radius 1 is 1.38 bits per heavy atom. The molecule has 3 N–H and O–H groups in total. The van der Waals surface area contributed by atoms with E-state index in [9.17, 15) is 10.1 Å². The molecule has 7 heteroatoms. The number of anilines is 1. The number of nitrogens with zero attached hydrogens (tertiary/aromatic N) is 3. The lowest BCUT2D eigenvalue weighted by molar-refractivity contribution is -0.384. The van der Waals surface area contributed by atoms with E-state index in [-0.39, 0.29) is 11.5 Å². The Morgan fingerprint density at radius 2 is 2.05 bits per heavy atom. The zero-order valence-corrected chi connectivity index (χ0v) is 11.6. The summed E-state index contributed by atoms with van der Waals surface area (Å²) < 4.78 is 0. The molecule has 3 rings (SSSR count). The number of nitro benzene ring substituents is 1. The van der Waals surface area contributed by atoms with Crippen molar-refractivity contribution in [2.45, 2.75) is 19.3 Å². The van der Waals surface area contributed by atoms with Crippen molar-refractivity contribution in [1.82, 2.24) is 0 Å². The quantitative estimate of drug-likeness (QED) is 0.291. The first-order valence-electron chi connectivity index (χ1n) is 7.11. The van der Waals surface area contributed by atoms with Crippen LogP contribution in [0.15, 0.2) is 23.4 Å². The molecule has 112 valence electrons. The average molecular weight is 290 g/mol. The molecule has 7 nitrogen and oxygen atoms in total. The van der Waals surface area contributed by atoms with Gasteiger partial charge in [-0.3, -0.25) is 10.1 Å². The van der Waals surface area contributed by atoms with Gasteiger partial charge >= 0.3 is 0 Å². The van der Waals surface area contributed by atoms with Crippen molar-refractivity contribution < 1.29 is 10.1 Å². The highest BCUT2D eigenvalue weighted by molar-refractivity contribution is 6.02. The molecule has 0 amide bonds. The first-order valence-corrected chi connectivity index (χ1v) is 7.11. The van der Waals surface area contributed by atoms with Crippen LogP contribution >= 0.6 is 0 Å². The fourth-order valence-electron chi connectivity index (χ4n) is 3.60. The summed E-state index contributed by atoms with van der Waals surface area (Å²) in [7, 11) is 0. The van der Waals surface area contributed by atoms with Crippen molar-refractivity contribution in [1.29, 1.82) is 0 Å². The van der Waals surface area contributed by atoms with Crippen molar-refractivity contribution in [2.75, 3.05) is 18.0 Å². The molecule has 1 aliphatic carbocycles. The maximum Gasteiger partial charge on any atom is 0.270 e. The van der Waals surface area contributed by atoms with Gasteiger partial charge in [0.2, 0.25) is 0 Å². The van der Waals surface area contributed by atoms with Crippen LogP contribution in [0.3, 0.4) is 0 Å². The highest BCUT2D eigenvalue weighted by Crippen LogP contribution is 2.40. The largest absolute Gasteiger partial charge is 0.409 e. The fraction of sp³-hybridized carbons (Fsp3) is 0.500. The number of amidine groups is 1.